The van der Waals surface area contributed by atoms with Crippen molar-refractivity contribution in [3.63, 3.8) is 0 Å². The van der Waals surface area contributed by atoms with Crippen LogP contribution >= 0.6 is 0 Å². The minimum absolute atomic E-state index is 0.0175. The number of carbonyl (C=O) groups is 2. The molecule has 0 aliphatic carbocycles. The molecular formula is C27H21N3O2. The van der Waals surface area contributed by atoms with Crippen LogP contribution in [0.25, 0.3) is 0 Å². The molecule has 0 bridgehead atoms. The molecule has 0 saturated heterocycles. The van der Waals surface area contributed by atoms with Crippen molar-refractivity contribution in [2.45, 2.75) is 25.4 Å². The Hall–Kier alpha value is -3.86. The summed E-state index contributed by atoms with van der Waals surface area (Å²) in [4.78, 5) is 33.3. The number of hydrogen-bond donors (Lipinski definition) is 0. The lowest BCUT2D eigenvalue weighted by molar-refractivity contribution is -0.138. The van der Waals surface area contributed by atoms with Gasteiger partial charge in [-0.2, -0.15) is 0 Å². The molecule has 0 spiro atoms. The van der Waals surface area contributed by atoms with Crippen molar-refractivity contribution in [2.24, 2.45) is 0 Å². The number of nitrogens with zero attached hydrogens (tertiary/aromatic N) is 3. The quantitative estimate of drug-likeness (QED) is 0.590. The van der Waals surface area contributed by atoms with E-state index in [4.69, 9.17) is 0 Å². The second-order valence-corrected chi connectivity index (χ2v) is 8.85. The molecule has 156 valence electrons. The van der Waals surface area contributed by atoms with Crippen LogP contribution in [-0.4, -0.2) is 23.3 Å². The van der Waals surface area contributed by atoms with E-state index >= 15 is 0 Å². The molecule has 0 radical (unpaired) electrons. The molecule has 2 amide bonds. The number of anilines is 2. The Balaban J connectivity index is 1.44. The zero-order valence-corrected chi connectivity index (χ0v) is 17.5. The van der Waals surface area contributed by atoms with Crippen molar-refractivity contribution < 1.29 is 9.59 Å². The van der Waals surface area contributed by atoms with Gasteiger partial charge in [-0.05, 0) is 41.2 Å². The van der Waals surface area contributed by atoms with Gasteiger partial charge in [0.1, 0.15) is 11.4 Å². The summed E-state index contributed by atoms with van der Waals surface area (Å²) in [7, 11) is 0. The molecule has 5 heteroatoms. The molecule has 3 aromatic carbocycles. The van der Waals surface area contributed by atoms with Crippen LogP contribution in [0.2, 0.25) is 0 Å². The van der Waals surface area contributed by atoms with Gasteiger partial charge >= 0.3 is 0 Å². The number of hydrogen-bond acceptors (Lipinski definition) is 4. The Morgan fingerprint density at radius 3 is 2.41 bits per heavy atom. The van der Waals surface area contributed by atoms with E-state index in [0.29, 0.717) is 11.4 Å². The van der Waals surface area contributed by atoms with Gasteiger partial charge in [0, 0.05) is 17.9 Å². The molecule has 32 heavy (non-hydrogen) atoms. The van der Waals surface area contributed by atoms with Crippen LogP contribution in [-0.2, 0) is 29.0 Å². The monoisotopic (exact) mass is 419 g/mol. The van der Waals surface area contributed by atoms with Crippen LogP contribution in [0.1, 0.15) is 28.3 Å². The highest BCUT2D eigenvalue weighted by atomic mass is 16.2. The molecule has 0 N–H and O–H groups in total. The van der Waals surface area contributed by atoms with E-state index < -0.39 is 0 Å². The number of amides is 2. The van der Waals surface area contributed by atoms with Crippen LogP contribution in [0.15, 0.2) is 84.2 Å². The summed E-state index contributed by atoms with van der Waals surface area (Å²) in [6.45, 7) is 1.01. The molecule has 0 fully saturated rings. The number of fused-ring (bicyclic) bond motifs is 6. The fraction of sp³-hybridized carbons (Fsp3) is 0.185. The highest BCUT2D eigenvalue weighted by molar-refractivity contribution is 6.23. The third kappa shape index (κ3) is 2.23. The van der Waals surface area contributed by atoms with Crippen molar-refractivity contribution in [3.8, 4) is 0 Å². The third-order valence-electron chi connectivity index (χ3n) is 7.17. The summed E-state index contributed by atoms with van der Waals surface area (Å²) in [5.41, 5.74) is 7.87. The minimum Gasteiger partial charge on any atom is -0.334 e. The molecule has 7 rings (SSSR count). The Kier molecular flexibility index (Phi) is 3.52. The van der Waals surface area contributed by atoms with Gasteiger partial charge in [0.05, 0.1) is 12.6 Å². The van der Waals surface area contributed by atoms with E-state index in [9.17, 15) is 9.59 Å². The molecule has 1 unspecified atom stereocenters. The lowest BCUT2D eigenvalue weighted by Gasteiger charge is -2.28. The molecule has 5 nitrogen and oxygen atoms in total. The first kappa shape index (κ1) is 17.8. The maximum absolute atomic E-state index is 13.9. The van der Waals surface area contributed by atoms with Gasteiger partial charge < -0.3 is 9.80 Å². The average molecular weight is 419 g/mol. The van der Waals surface area contributed by atoms with Crippen molar-refractivity contribution in [1.82, 2.24) is 4.90 Å². The Labute approximate surface area is 186 Å². The first-order chi connectivity index (χ1) is 15.7. The summed E-state index contributed by atoms with van der Waals surface area (Å²) in [5.74, 6) is -0.390. The summed E-state index contributed by atoms with van der Waals surface area (Å²) in [6.07, 6.45) is 1.72. The summed E-state index contributed by atoms with van der Waals surface area (Å²) in [6, 6.07) is 24.5. The minimum atomic E-state index is -0.197. The highest BCUT2D eigenvalue weighted by Crippen LogP contribution is 2.52. The van der Waals surface area contributed by atoms with Gasteiger partial charge in [0.2, 0.25) is 0 Å². The molecule has 0 aromatic heterocycles. The topological polar surface area (TPSA) is 43.9 Å². The van der Waals surface area contributed by atoms with Crippen molar-refractivity contribution in [1.29, 1.82) is 0 Å². The maximum Gasteiger partial charge on any atom is 0.280 e. The second-order valence-electron chi connectivity index (χ2n) is 8.85. The van der Waals surface area contributed by atoms with Crippen molar-refractivity contribution >= 4 is 23.2 Å². The SMILES string of the molecule is O=C1C2=C(C(=O)N1Cc1ccccc1)N1c3ccccc3CC1c1cccc3c1N2CC3. The first-order valence-electron chi connectivity index (χ1n) is 11.1. The first-order valence-corrected chi connectivity index (χ1v) is 11.1. The number of benzene rings is 3. The summed E-state index contributed by atoms with van der Waals surface area (Å²) >= 11 is 0. The number of imide groups is 1. The zero-order chi connectivity index (χ0) is 21.4. The summed E-state index contributed by atoms with van der Waals surface area (Å²) < 4.78 is 0. The van der Waals surface area contributed by atoms with Gasteiger partial charge in [0.25, 0.3) is 11.8 Å². The van der Waals surface area contributed by atoms with E-state index in [1.807, 2.05) is 42.5 Å². The van der Waals surface area contributed by atoms with E-state index in [2.05, 4.69) is 40.1 Å². The average Bonchev–Trinajstić information content (AvgIpc) is 3.45. The second kappa shape index (κ2) is 6.33. The van der Waals surface area contributed by atoms with Gasteiger partial charge in [0.15, 0.2) is 0 Å². The Morgan fingerprint density at radius 2 is 1.53 bits per heavy atom. The van der Waals surface area contributed by atoms with Gasteiger partial charge in [-0.15, -0.1) is 0 Å². The zero-order valence-electron chi connectivity index (χ0n) is 17.5. The van der Waals surface area contributed by atoms with Crippen LogP contribution in [0.5, 0.6) is 0 Å². The molecule has 0 saturated carbocycles. The lowest BCUT2D eigenvalue weighted by Crippen LogP contribution is -2.36. The van der Waals surface area contributed by atoms with E-state index in [1.54, 1.807) is 0 Å². The smallest absolute Gasteiger partial charge is 0.280 e. The molecule has 4 heterocycles. The molecule has 4 aliphatic rings. The van der Waals surface area contributed by atoms with Gasteiger partial charge in [-0.1, -0.05) is 66.7 Å². The van der Waals surface area contributed by atoms with Crippen molar-refractivity contribution in [3.05, 3.63) is 106 Å². The van der Waals surface area contributed by atoms with Crippen molar-refractivity contribution in [2.75, 3.05) is 16.3 Å². The van der Waals surface area contributed by atoms with Crippen LogP contribution in [0.4, 0.5) is 11.4 Å². The van der Waals surface area contributed by atoms with Crippen LogP contribution in [0, 0.1) is 0 Å². The largest absolute Gasteiger partial charge is 0.334 e. The van der Waals surface area contributed by atoms with Gasteiger partial charge in [-0.3, -0.25) is 14.5 Å². The Bertz CT molecular complexity index is 1340. The van der Waals surface area contributed by atoms with Gasteiger partial charge in [-0.25, -0.2) is 0 Å². The van der Waals surface area contributed by atoms with Crippen LogP contribution in [0.3, 0.4) is 0 Å². The predicted molar refractivity (Wildman–Crippen MR) is 122 cm³/mol. The normalized spacial score (nSPS) is 20.4. The molecule has 1 atom stereocenters. The number of para-hydroxylation sites is 2. The molecular weight excluding hydrogens is 398 g/mol. The summed E-state index contributed by atoms with van der Waals surface area (Å²) in [5, 5.41) is 0. The standard InChI is InChI=1S/C27H21N3O2/c31-26-24-25(27(32)29(26)16-17-7-2-1-3-8-17)30-21-12-5-4-9-19(21)15-22(30)20-11-6-10-18-13-14-28(24)23(18)20/h1-12,22H,13-16H2. The maximum atomic E-state index is 13.9. The fourth-order valence-electron chi connectivity index (χ4n) is 5.81. The van der Waals surface area contributed by atoms with Crippen LogP contribution < -0.4 is 9.80 Å². The number of rotatable bonds is 2. The molecule has 4 aliphatic heterocycles. The highest BCUT2D eigenvalue weighted by Gasteiger charge is 2.51. The predicted octanol–water partition coefficient (Wildman–Crippen LogP) is 3.95. The fourth-order valence-corrected chi connectivity index (χ4v) is 5.81. The lowest BCUT2D eigenvalue weighted by atomic mass is 9.98. The molecule has 3 aromatic rings. The van der Waals surface area contributed by atoms with E-state index in [0.717, 1.165) is 36.3 Å². The third-order valence-corrected chi connectivity index (χ3v) is 7.17. The van der Waals surface area contributed by atoms with E-state index in [1.165, 1.54) is 21.6 Å². The van der Waals surface area contributed by atoms with E-state index in [-0.39, 0.29) is 24.4 Å². The Morgan fingerprint density at radius 1 is 0.781 bits per heavy atom. The number of carbonyl (C=O) groups excluding carboxylic acids is 2.